The van der Waals surface area contributed by atoms with Gasteiger partial charge < -0.3 is 0 Å². The van der Waals surface area contributed by atoms with E-state index in [1.54, 1.807) is 6.20 Å². The van der Waals surface area contributed by atoms with Crippen molar-refractivity contribution in [3.05, 3.63) is 200 Å². The molecular weight excluding hydrogens is 685 g/mol. The molecular formula is C50H32N6. The predicted molar refractivity (Wildman–Crippen MR) is 228 cm³/mol. The monoisotopic (exact) mass is 716 g/mol. The standard InChI is InChI=1S/C50H32N6/c51-32-40-31-38(34-11-3-1-4-12-34)21-25-43(40)55(46-15-7-9-29-52-46)44-26-19-36-18-24-42-45(27-20-37-17-23-41(44)49(36)50(37)42)56(47-16-8-10-30-53-47)48-28-22-39(33-54-48)35-13-5-2-6-14-35/h1-31,33H. The molecule has 262 valence electrons. The zero-order chi connectivity index (χ0) is 37.4. The maximum Gasteiger partial charge on any atom is 0.138 e. The number of rotatable bonds is 8. The number of pyridine rings is 3. The van der Waals surface area contributed by atoms with E-state index in [0.29, 0.717) is 5.56 Å². The molecule has 0 fully saturated rings. The molecule has 3 aromatic heterocycles. The molecule has 7 aromatic carbocycles. The van der Waals surface area contributed by atoms with Crippen molar-refractivity contribution in [3.8, 4) is 28.3 Å². The summed E-state index contributed by atoms with van der Waals surface area (Å²) in [5, 5.41) is 17.2. The lowest BCUT2D eigenvalue weighted by Crippen LogP contribution is -2.14. The maximum absolute atomic E-state index is 10.6. The van der Waals surface area contributed by atoms with Crippen molar-refractivity contribution in [2.75, 3.05) is 9.80 Å². The second kappa shape index (κ2) is 13.8. The highest BCUT2D eigenvalue weighted by atomic mass is 15.2. The van der Waals surface area contributed by atoms with Gasteiger partial charge in [0.15, 0.2) is 0 Å². The first-order valence-corrected chi connectivity index (χ1v) is 18.5. The van der Waals surface area contributed by atoms with Crippen LogP contribution in [0.15, 0.2) is 195 Å². The molecule has 0 atom stereocenters. The van der Waals surface area contributed by atoms with Crippen LogP contribution in [0.2, 0.25) is 0 Å². The Morgan fingerprint density at radius 2 is 0.893 bits per heavy atom. The molecule has 6 heteroatoms. The van der Waals surface area contributed by atoms with Gasteiger partial charge in [0.1, 0.15) is 23.5 Å². The Hall–Kier alpha value is -7.88. The van der Waals surface area contributed by atoms with Crippen LogP contribution in [0.3, 0.4) is 0 Å². The molecule has 0 aliphatic carbocycles. The molecule has 0 spiro atoms. The van der Waals surface area contributed by atoms with Gasteiger partial charge in [0.2, 0.25) is 0 Å². The van der Waals surface area contributed by atoms with E-state index in [9.17, 15) is 5.26 Å². The molecule has 10 aromatic rings. The summed E-state index contributed by atoms with van der Waals surface area (Å²) in [6.45, 7) is 0. The molecule has 0 unspecified atom stereocenters. The summed E-state index contributed by atoms with van der Waals surface area (Å²) in [4.78, 5) is 18.9. The molecule has 0 radical (unpaired) electrons. The van der Waals surface area contributed by atoms with E-state index in [2.05, 4.69) is 107 Å². The number of aromatic nitrogens is 3. The SMILES string of the molecule is N#Cc1cc(-c2ccccc2)ccc1N(c1ccccn1)c1ccc2ccc3c(N(c4ccccn4)c4ccc(-c5ccccc5)cn4)ccc4ccc1c2c43. The summed E-state index contributed by atoms with van der Waals surface area (Å²) < 4.78 is 0. The van der Waals surface area contributed by atoms with E-state index < -0.39 is 0 Å². The van der Waals surface area contributed by atoms with E-state index in [0.717, 1.165) is 89.1 Å². The van der Waals surface area contributed by atoms with Crippen LogP contribution in [-0.4, -0.2) is 15.0 Å². The second-order valence-corrected chi connectivity index (χ2v) is 13.6. The largest absolute Gasteiger partial charge is 0.293 e. The average Bonchev–Trinajstić information content (AvgIpc) is 3.28. The molecule has 0 bridgehead atoms. The molecule has 0 saturated heterocycles. The van der Waals surface area contributed by atoms with Gasteiger partial charge in [-0.2, -0.15) is 5.26 Å². The lowest BCUT2D eigenvalue weighted by Gasteiger charge is -2.28. The molecule has 56 heavy (non-hydrogen) atoms. The Bertz CT molecular complexity index is 3020. The lowest BCUT2D eigenvalue weighted by atomic mass is 9.91. The van der Waals surface area contributed by atoms with Crippen LogP contribution < -0.4 is 9.80 Å². The van der Waals surface area contributed by atoms with Crippen molar-refractivity contribution >= 4 is 66.8 Å². The molecule has 0 aliphatic heterocycles. The highest BCUT2D eigenvalue weighted by Gasteiger charge is 2.24. The molecule has 10 rings (SSSR count). The Morgan fingerprint density at radius 1 is 0.393 bits per heavy atom. The number of anilines is 6. The van der Waals surface area contributed by atoms with E-state index in [4.69, 9.17) is 15.0 Å². The van der Waals surface area contributed by atoms with Gasteiger partial charge in [0.05, 0.1) is 22.6 Å². The van der Waals surface area contributed by atoms with E-state index in [1.165, 1.54) is 0 Å². The number of nitriles is 1. The van der Waals surface area contributed by atoms with E-state index in [-0.39, 0.29) is 0 Å². The topological polar surface area (TPSA) is 68.9 Å². The zero-order valence-electron chi connectivity index (χ0n) is 30.2. The van der Waals surface area contributed by atoms with Crippen molar-refractivity contribution in [2.45, 2.75) is 0 Å². The zero-order valence-corrected chi connectivity index (χ0v) is 30.2. The highest BCUT2D eigenvalue weighted by Crippen LogP contribution is 2.47. The Labute approximate surface area is 324 Å². The number of hydrogen-bond donors (Lipinski definition) is 0. The van der Waals surface area contributed by atoms with Gasteiger partial charge in [-0.3, -0.25) is 9.80 Å². The minimum atomic E-state index is 0.557. The number of nitrogens with zero attached hydrogens (tertiary/aromatic N) is 6. The fourth-order valence-corrected chi connectivity index (χ4v) is 7.82. The van der Waals surface area contributed by atoms with Gasteiger partial charge in [-0.05, 0) is 98.9 Å². The van der Waals surface area contributed by atoms with Crippen LogP contribution >= 0.6 is 0 Å². The minimum absolute atomic E-state index is 0.557. The third-order valence-electron chi connectivity index (χ3n) is 10.4. The van der Waals surface area contributed by atoms with Crippen molar-refractivity contribution in [1.82, 2.24) is 15.0 Å². The Kier molecular flexibility index (Phi) is 8.09. The molecule has 3 heterocycles. The summed E-state index contributed by atoms with van der Waals surface area (Å²) in [6, 6.07) is 62.5. The van der Waals surface area contributed by atoms with Gasteiger partial charge in [-0.25, -0.2) is 15.0 Å². The molecule has 6 nitrogen and oxygen atoms in total. The Morgan fingerprint density at radius 3 is 1.45 bits per heavy atom. The average molecular weight is 717 g/mol. The van der Waals surface area contributed by atoms with Crippen LogP contribution in [0.4, 0.5) is 34.5 Å². The number of benzene rings is 7. The van der Waals surface area contributed by atoms with Crippen molar-refractivity contribution < 1.29 is 0 Å². The van der Waals surface area contributed by atoms with Crippen molar-refractivity contribution in [1.29, 1.82) is 5.26 Å². The summed E-state index contributed by atoms with van der Waals surface area (Å²) in [6.07, 6.45) is 5.54. The first kappa shape index (κ1) is 32.7. The van der Waals surface area contributed by atoms with Crippen molar-refractivity contribution in [3.63, 3.8) is 0 Å². The predicted octanol–water partition coefficient (Wildman–Crippen LogP) is 12.9. The normalized spacial score (nSPS) is 11.2. The van der Waals surface area contributed by atoms with Gasteiger partial charge >= 0.3 is 0 Å². The van der Waals surface area contributed by atoms with Crippen LogP contribution in [-0.2, 0) is 0 Å². The minimum Gasteiger partial charge on any atom is -0.293 e. The van der Waals surface area contributed by atoms with Crippen LogP contribution in [0, 0.1) is 11.3 Å². The third-order valence-corrected chi connectivity index (χ3v) is 10.4. The summed E-state index contributed by atoms with van der Waals surface area (Å²) in [5.41, 5.74) is 7.42. The summed E-state index contributed by atoms with van der Waals surface area (Å²) in [5.74, 6) is 2.26. The smallest absolute Gasteiger partial charge is 0.138 e. The van der Waals surface area contributed by atoms with Crippen LogP contribution in [0.1, 0.15) is 5.56 Å². The number of hydrogen-bond acceptors (Lipinski definition) is 6. The van der Waals surface area contributed by atoms with Crippen LogP contribution in [0.5, 0.6) is 0 Å². The van der Waals surface area contributed by atoms with Gasteiger partial charge in [0.25, 0.3) is 0 Å². The van der Waals surface area contributed by atoms with Crippen molar-refractivity contribution in [2.24, 2.45) is 0 Å². The quantitative estimate of drug-likeness (QED) is 0.146. The van der Waals surface area contributed by atoms with E-state index in [1.807, 2.05) is 97.3 Å². The summed E-state index contributed by atoms with van der Waals surface area (Å²) >= 11 is 0. The first-order valence-electron chi connectivity index (χ1n) is 18.5. The van der Waals surface area contributed by atoms with Crippen LogP contribution in [0.25, 0.3) is 54.6 Å². The lowest BCUT2D eigenvalue weighted by molar-refractivity contribution is 1.13. The molecule has 0 amide bonds. The maximum atomic E-state index is 10.6. The highest BCUT2D eigenvalue weighted by molar-refractivity contribution is 6.28. The molecule has 0 aliphatic rings. The van der Waals surface area contributed by atoms with Gasteiger partial charge in [0, 0.05) is 34.9 Å². The Balaban J connectivity index is 1.18. The van der Waals surface area contributed by atoms with Gasteiger partial charge in [-0.1, -0.05) is 115 Å². The fraction of sp³-hybridized carbons (Fsp3) is 0. The fourth-order valence-electron chi connectivity index (χ4n) is 7.82. The molecule has 0 saturated carbocycles. The molecule has 0 N–H and O–H groups in total. The second-order valence-electron chi connectivity index (χ2n) is 13.6. The van der Waals surface area contributed by atoms with E-state index >= 15 is 0 Å². The van der Waals surface area contributed by atoms with Gasteiger partial charge in [-0.15, -0.1) is 0 Å². The summed E-state index contributed by atoms with van der Waals surface area (Å²) in [7, 11) is 0. The first-order chi connectivity index (χ1) is 27.7. The third kappa shape index (κ3) is 5.63.